The molecule has 0 radical (unpaired) electrons. The van der Waals surface area contributed by atoms with E-state index in [1.54, 1.807) is 6.20 Å². The Morgan fingerprint density at radius 1 is 0.933 bits per heavy atom. The summed E-state index contributed by atoms with van der Waals surface area (Å²) < 4.78 is 43.9. The molecule has 0 aliphatic rings. The molecule has 1 aromatic heterocycles. The maximum Gasteiger partial charge on any atom is 0.573 e. The van der Waals surface area contributed by atoms with E-state index in [2.05, 4.69) is 35.5 Å². The quantitative estimate of drug-likeness (QED) is 0.364. The van der Waals surface area contributed by atoms with Gasteiger partial charge in [-0.05, 0) is 42.4 Å². The van der Waals surface area contributed by atoms with Gasteiger partial charge in [-0.15, -0.1) is 13.2 Å². The Balaban J connectivity index is 2.55. The minimum absolute atomic E-state index is 0.175. The lowest BCUT2D eigenvalue weighted by Gasteiger charge is -2.28. The van der Waals surface area contributed by atoms with Crippen LogP contribution in [0.2, 0.25) is 0 Å². The van der Waals surface area contributed by atoms with Crippen LogP contribution in [0.25, 0.3) is 11.0 Å². The van der Waals surface area contributed by atoms with Crippen LogP contribution in [0.5, 0.6) is 5.75 Å². The standard InChI is InChI=1S/C24H35F3N2O/c1-7-10-11-12-13-23(6,9-3)20-16-28-18-14-17(22(4,5)8-2)15-19(21(18)29-20)30-24(25,26)27/h14-16H,7-13H2,1-6H3. The number of alkyl halides is 3. The van der Waals surface area contributed by atoms with Crippen molar-refractivity contribution in [2.45, 2.75) is 104 Å². The predicted molar refractivity (Wildman–Crippen MR) is 116 cm³/mol. The highest BCUT2D eigenvalue weighted by Gasteiger charge is 2.34. The third-order valence-electron chi connectivity index (χ3n) is 6.48. The first-order valence-electron chi connectivity index (χ1n) is 11.0. The molecule has 2 aromatic rings. The van der Waals surface area contributed by atoms with Gasteiger partial charge < -0.3 is 4.74 Å². The second kappa shape index (κ2) is 9.52. The number of halogens is 3. The Bertz CT molecular complexity index is 848. The Morgan fingerprint density at radius 2 is 1.63 bits per heavy atom. The fourth-order valence-electron chi connectivity index (χ4n) is 3.60. The van der Waals surface area contributed by atoms with Crippen LogP contribution in [0.4, 0.5) is 13.2 Å². The second-order valence-electron chi connectivity index (χ2n) is 9.11. The first-order valence-corrected chi connectivity index (χ1v) is 11.0. The average Bonchev–Trinajstić information content (AvgIpc) is 2.69. The molecular formula is C24H35F3N2O. The molecule has 1 heterocycles. The number of rotatable bonds is 10. The molecule has 0 fully saturated rings. The van der Waals surface area contributed by atoms with Gasteiger partial charge in [-0.3, -0.25) is 4.98 Å². The maximum absolute atomic E-state index is 13.1. The number of nitrogens with zero attached hydrogens (tertiary/aromatic N) is 2. The molecule has 1 unspecified atom stereocenters. The first kappa shape index (κ1) is 24.4. The second-order valence-corrected chi connectivity index (χ2v) is 9.11. The van der Waals surface area contributed by atoms with Crippen molar-refractivity contribution >= 4 is 11.0 Å². The SMILES string of the molecule is CCCCCCC(C)(CC)c1cnc2cc(C(C)(C)CC)cc(OC(F)(F)F)c2n1. The molecule has 0 aliphatic heterocycles. The van der Waals surface area contributed by atoms with E-state index in [1.165, 1.54) is 12.5 Å². The summed E-state index contributed by atoms with van der Waals surface area (Å²) in [6.45, 7) is 12.4. The summed E-state index contributed by atoms with van der Waals surface area (Å²) in [6.07, 6.45) is 4.05. The van der Waals surface area contributed by atoms with Crippen molar-refractivity contribution in [2.75, 3.05) is 0 Å². The maximum atomic E-state index is 13.1. The van der Waals surface area contributed by atoms with Gasteiger partial charge in [-0.25, -0.2) is 4.98 Å². The third kappa shape index (κ3) is 5.86. The van der Waals surface area contributed by atoms with Gasteiger partial charge in [0, 0.05) is 11.6 Å². The zero-order valence-electron chi connectivity index (χ0n) is 19.1. The number of aromatic nitrogens is 2. The number of hydrogen-bond acceptors (Lipinski definition) is 3. The highest BCUT2D eigenvalue weighted by molar-refractivity contribution is 5.82. The Morgan fingerprint density at radius 3 is 2.20 bits per heavy atom. The van der Waals surface area contributed by atoms with E-state index in [9.17, 15) is 13.2 Å². The van der Waals surface area contributed by atoms with Crippen LogP contribution >= 0.6 is 0 Å². The molecule has 0 spiro atoms. The Kier molecular flexibility index (Phi) is 7.75. The minimum atomic E-state index is -4.78. The number of benzene rings is 1. The molecule has 0 aliphatic carbocycles. The van der Waals surface area contributed by atoms with E-state index < -0.39 is 6.36 Å². The summed E-state index contributed by atoms with van der Waals surface area (Å²) >= 11 is 0. The van der Waals surface area contributed by atoms with Gasteiger partial charge in [0.1, 0.15) is 5.52 Å². The Labute approximate surface area is 178 Å². The van der Waals surface area contributed by atoms with Gasteiger partial charge in [-0.1, -0.05) is 67.2 Å². The van der Waals surface area contributed by atoms with Crippen molar-refractivity contribution in [3.63, 3.8) is 0 Å². The number of unbranched alkanes of at least 4 members (excludes halogenated alkanes) is 3. The smallest absolute Gasteiger partial charge is 0.403 e. The van der Waals surface area contributed by atoms with Gasteiger partial charge in [-0.2, -0.15) is 0 Å². The van der Waals surface area contributed by atoms with Crippen molar-refractivity contribution in [1.29, 1.82) is 0 Å². The lowest BCUT2D eigenvalue weighted by atomic mass is 9.79. The van der Waals surface area contributed by atoms with Crippen LogP contribution < -0.4 is 4.74 Å². The van der Waals surface area contributed by atoms with Gasteiger partial charge in [0.15, 0.2) is 5.75 Å². The van der Waals surface area contributed by atoms with E-state index in [4.69, 9.17) is 0 Å². The fraction of sp³-hybridized carbons (Fsp3) is 0.667. The molecule has 0 N–H and O–H groups in total. The molecule has 0 bridgehead atoms. The summed E-state index contributed by atoms with van der Waals surface area (Å²) in [5.41, 5.74) is 1.57. The molecule has 1 atom stereocenters. The normalized spacial score (nSPS) is 14.7. The molecule has 30 heavy (non-hydrogen) atoms. The molecule has 3 nitrogen and oxygen atoms in total. The molecular weight excluding hydrogens is 389 g/mol. The summed E-state index contributed by atoms with van der Waals surface area (Å²) in [5.74, 6) is -0.268. The summed E-state index contributed by atoms with van der Waals surface area (Å²) in [7, 11) is 0. The minimum Gasteiger partial charge on any atom is -0.403 e. The third-order valence-corrected chi connectivity index (χ3v) is 6.48. The molecule has 0 amide bonds. The molecule has 1 aromatic carbocycles. The van der Waals surface area contributed by atoms with E-state index >= 15 is 0 Å². The van der Waals surface area contributed by atoms with Crippen molar-refractivity contribution in [1.82, 2.24) is 9.97 Å². The van der Waals surface area contributed by atoms with Crippen molar-refractivity contribution in [3.8, 4) is 5.75 Å². The summed E-state index contributed by atoms with van der Waals surface area (Å²) in [5, 5.41) is 0. The van der Waals surface area contributed by atoms with Crippen LogP contribution in [0, 0.1) is 0 Å². The lowest BCUT2D eigenvalue weighted by Crippen LogP contribution is -2.24. The highest BCUT2D eigenvalue weighted by Crippen LogP contribution is 2.38. The number of fused-ring (bicyclic) bond motifs is 1. The molecule has 6 heteroatoms. The van der Waals surface area contributed by atoms with Gasteiger partial charge in [0.05, 0.1) is 11.2 Å². The van der Waals surface area contributed by atoms with Crippen LogP contribution in [0.15, 0.2) is 18.3 Å². The van der Waals surface area contributed by atoms with E-state index in [1.807, 2.05) is 26.8 Å². The van der Waals surface area contributed by atoms with Gasteiger partial charge in [0.25, 0.3) is 0 Å². The summed E-state index contributed by atoms with van der Waals surface area (Å²) in [4.78, 5) is 9.19. The zero-order chi connectivity index (χ0) is 22.6. The monoisotopic (exact) mass is 424 g/mol. The molecule has 168 valence electrons. The van der Waals surface area contributed by atoms with Crippen molar-refractivity contribution in [2.24, 2.45) is 0 Å². The zero-order valence-corrected chi connectivity index (χ0v) is 19.1. The van der Waals surface area contributed by atoms with E-state index in [0.29, 0.717) is 5.52 Å². The number of ether oxygens (including phenoxy) is 1. The molecule has 0 saturated heterocycles. The Hall–Kier alpha value is -1.85. The molecule has 2 rings (SSSR count). The van der Waals surface area contributed by atoms with E-state index in [0.717, 1.165) is 49.8 Å². The highest BCUT2D eigenvalue weighted by atomic mass is 19.4. The van der Waals surface area contributed by atoms with E-state index in [-0.39, 0.29) is 22.1 Å². The van der Waals surface area contributed by atoms with Crippen molar-refractivity contribution in [3.05, 3.63) is 29.6 Å². The first-order chi connectivity index (χ1) is 14.0. The number of hydrogen-bond donors (Lipinski definition) is 0. The fourth-order valence-corrected chi connectivity index (χ4v) is 3.60. The topological polar surface area (TPSA) is 35.0 Å². The van der Waals surface area contributed by atoms with Crippen LogP contribution in [-0.2, 0) is 10.8 Å². The average molecular weight is 425 g/mol. The van der Waals surface area contributed by atoms with Gasteiger partial charge >= 0.3 is 6.36 Å². The largest absolute Gasteiger partial charge is 0.573 e. The predicted octanol–water partition coefficient (Wildman–Crippen LogP) is 7.85. The lowest BCUT2D eigenvalue weighted by molar-refractivity contribution is -0.274. The van der Waals surface area contributed by atoms with Gasteiger partial charge in [0.2, 0.25) is 0 Å². The van der Waals surface area contributed by atoms with Crippen molar-refractivity contribution < 1.29 is 17.9 Å². The van der Waals surface area contributed by atoms with Crippen LogP contribution in [-0.4, -0.2) is 16.3 Å². The summed E-state index contributed by atoms with van der Waals surface area (Å²) in [6, 6.07) is 3.31. The molecule has 0 saturated carbocycles. The van der Waals surface area contributed by atoms with Crippen LogP contribution in [0.1, 0.15) is 97.7 Å². The van der Waals surface area contributed by atoms with Crippen LogP contribution in [0.3, 0.4) is 0 Å².